The average Bonchev–Trinajstić information content (AvgIpc) is 3.62. The summed E-state index contributed by atoms with van der Waals surface area (Å²) in [5.41, 5.74) is 4.66. The molecule has 0 aliphatic carbocycles. The molecule has 48 heavy (non-hydrogen) atoms. The van der Waals surface area contributed by atoms with E-state index in [9.17, 15) is 33.2 Å². The summed E-state index contributed by atoms with van der Waals surface area (Å²) in [7, 11) is 1.36. The van der Waals surface area contributed by atoms with Crippen LogP contribution in [0.5, 0.6) is 0 Å². The molecule has 0 saturated carbocycles. The number of anilines is 2. The van der Waals surface area contributed by atoms with Crippen LogP contribution < -0.4 is 16.0 Å². The van der Waals surface area contributed by atoms with E-state index in [2.05, 4.69) is 20.9 Å². The van der Waals surface area contributed by atoms with Crippen molar-refractivity contribution >= 4 is 58.5 Å². The molecule has 3 aliphatic heterocycles. The Balaban J connectivity index is 1.00. The van der Waals surface area contributed by atoms with Crippen LogP contribution in [0.25, 0.3) is 11.6 Å². The number of likely N-dealkylation sites (N-methyl/N-ethyl adjacent to an activating group) is 1. The molecule has 1 fully saturated rings. The Morgan fingerprint density at radius 1 is 1.00 bits per heavy atom. The number of aromatic nitrogens is 1. The zero-order valence-electron chi connectivity index (χ0n) is 26.8. The number of unbranched alkanes of at least 4 members (excludes halogenated alkanes) is 2. The summed E-state index contributed by atoms with van der Waals surface area (Å²) in [4.78, 5) is 81.9. The largest absolute Gasteiger partial charge is 0.384 e. The monoisotopic (exact) mass is 654 g/mol. The third-order valence-electron chi connectivity index (χ3n) is 9.09. The fourth-order valence-corrected chi connectivity index (χ4v) is 6.52. The van der Waals surface area contributed by atoms with Crippen molar-refractivity contribution in [2.24, 2.45) is 0 Å². The van der Waals surface area contributed by atoms with Crippen molar-refractivity contribution in [3.05, 3.63) is 81.4 Å². The van der Waals surface area contributed by atoms with E-state index in [0.29, 0.717) is 64.5 Å². The van der Waals surface area contributed by atoms with Crippen LogP contribution in [0.4, 0.5) is 15.8 Å². The van der Waals surface area contributed by atoms with E-state index < -0.39 is 29.6 Å². The molecule has 0 spiro atoms. The number of benzene rings is 2. The minimum absolute atomic E-state index is 0.0777. The van der Waals surface area contributed by atoms with Gasteiger partial charge in [-0.3, -0.25) is 38.6 Å². The van der Waals surface area contributed by atoms with Crippen LogP contribution in [0.1, 0.15) is 85.7 Å². The first-order chi connectivity index (χ1) is 23.0. The standard InChI is InChI=1S/C35H35FN6O6/c1-18-26(17-23-22-16-20(36)10-11-24(22)40-31(23)44)39-19(2)29(18)32(45)38-15-6-4-5-14-37-25-9-7-8-21-30(25)35(48)42(33(21)46)27-12-13-28(43)41(3)34(27)47/h7-11,16-17,27,37,39H,4-6,12-15H2,1-3H3,(H,38,45)(H,40,44)/b23-17-. The zero-order valence-corrected chi connectivity index (χ0v) is 26.8. The molecule has 3 aliphatic rings. The second kappa shape index (κ2) is 12.9. The highest BCUT2D eigenvalue weighted by molar-refractivity contribution is 6.35. The molecule has 1 aromatic heterocycles. The summed E-state index contributed by atoms with van der Waals surface area (Å²) in [6.07, 6.45) is 4.00. The van der Waals surface area contributed by atoms with E-state index in [-0.39, 0.29) is 41.7 Å². The second-order valence-corrected chi connectivity index (χ2v) is 12.2. The number of aryl methyl sites for hydroxylation is 1. The van der Waals surface area contributed by atoms with Crippen molar-refractivity contribution < 1.29 is 33.2 Å². The molecular formula is C35H35FN6O6. The Kier molecular flexibility index (Phi) is 8.69. The van der Waals surface area contributed by atoms with Gasteiger partial charge in [-0.15, -0.1) is 0 Å². The molecule has 6 rings (SSSR count). The lowest BCUT2D eigenvalue weighted by atomic mass is 10.0. The molecule has 6 amide bonds. The Bertz CT molecular complexity index is 1930. The van der Waals surface area contributed by atoms with Gasteiger partial charge in [0.15, 0.2) is 0 Å². The van der Waals surface area contributed by atoms with Gasteiger partial charge in [-0.2, -0.15) is 0 Å². The number of hydrogen-bond acceptors (Lipinski definition) is 7. The highest BCUT2D eigenvalue weighted by Crippen LogP contribution is 2.35. The maximum Gasteiger partial charge on any atom is 0.264 e. The van der Waals surface area contributed by atoms with Gasteiger partial charge in [0.1, 0.15) is 11.9 Å². The van der Waals surface area contributed by atoms with Gasteiger partial charge in [0.25, 0.3) is 29.5 Å². The molecule has 12 nitrogen and oxygen atoms in total. The topological polar surface area (TPSA) is 161 Å². The van der Waals surface area contributed by atoms with Crippen molar-refractivity contribution in [1.29, 1.82) is 0 Å². The van der Waals surface area contributed by atoms with E-state index in [1.54, 1.807) is 38.1 Å². The predicted molar refractivity (Wildman–Crippen MR) is 176 cm³/mol. The van der Waals surface area contributed by atoms with Crippen LogP contribution in [0.3, 0.4) is 0 Å². The lowest BCUT2D eigenvalue weighted by Gasteiger charge is -2.32. The lowest BCUT2D eigenvalue weighted by Crippen LogP contribution is -2.54. The van der Waals surface area contributed by atoms with Gasteiger partial charge in [0, 0.05) is 54.9 Å². The quantitative estimate of drug-likeness (QED) is 0.146. The summed E-state index contributed by atoms with van der Waals surface area (Å²) in [6.45, 7) is 4.52. The van der Waals surface area contributed by atoms with Gasteiger partial charge >= 0.3 is 0 Å². The zero-order chi connectivity index (χ0) is 34.3. The normalized spacial score (nSPS) is 18.0. The molecule has 0 bridgehead atoms. The molecule has 248 valence electrons. The van der Waals surface area contributed by atoms with E-state index >= 15 is 0 Å². The Labute approximate surface area is 275 Å². The van der Waals surface area contributed by atoms with Crippen molar-refractivity contribution in [1.82, 2.24) is 20.1 Å². The van der Waals surface area contributed by atoms with Gasteiger partial charge in [0.2, 0.25) is 5.91 Å². The number of carbonyl (C=O) groups excluding carboxylic acids is 6. The number of piperidine rings is 1. The molecule has 1 atom stereocenters. The number of fused-ring (bicyclic) bond motifs is 2. The molecule has 13 heteroatoms. The number of H-pyrrole nitrogens is 1. The van der Waals surface area contributed by atoms with Gasteiger partial charge in [-0.25, -0.2) is 4.39 Å². The van der Waals surface area contributed by atoms with Crippen LogP contribution in [-0.2, 0) is 14.4 Å². The summed E-state index contributed by atoms with van der Waals surface area (Å²) in [5.74, 6) is -3.04. The number of imide groups is 2. The summed E-state index contributed by atoms with van der Waals surface area (Å²) < 4.78 is 13.9. The lowest BCUT2D eigenvalue weighted by molar-refractivity contribution is -0.149. The number of nitrogens with one attached hydrogen (secondary N) is 4. The van der Waals surface area contributed by atoms with Crippen LogP contribution >= 0.6 is 0 Å². The molecule has 0 radical (unpaired) electrons. The van der Waals surface area contributed by atoms with E-state index in [0.717, 1.165) is 22.6 Å². The van der Waals surface area contributed by atoms with Crippen LogP contribution in [0.2, 0.25) is 0 Å². The number of aromatic amines is 1. The van der Waals surface area contributed by atoms with Crippen molar-refractivity contribution in [2.45, 2.75) is 52.0 Å². The smallest absolute Gasteiger partial charge is 0.264 e. The predicted octanol–water partition coefficient (Wildman–Crippen LogP) is 4.02. The van der Waals surface area contributed by atoms with Crippen LogP contribution in [-0.4, -0.2) is 76.4 Å². The minimum atomic E-state index is -1.01. The maximum atomic E-state index is 13.9. The van der Waals surface area contributed by atoms with Crippen molar-refractivity contribution in [2.75, 3.05) is 30.8 Å². The highest BCUT2D eigenvalue weighted by Gasteiger charge is 2.47. The minimum Gasteiger partial charge on any atom is -0.384 e. The summed E-state index contributed by atoms with van der Waals surface area (Å²) in [5, 5.41) is 8.91. The van der Waals surface area contributed by atoms with Gasteiger partial charge < -0.3 is 20.9 Å². The Morgan fingerprint density at radius 2 is 1.77 bits per heavy atom. The van der Waals surface area contributed by atoms with Crippen molar-refractivity contribution in [3.63, 3.8) is 0 Å². The fraction of sp³-hybridized carbons (Fsp3) is 0.314. The maximum absolute atomic E-state index is 13.9. The average molecular weight is 655 g/mol. The van der Waals surface area contributed by atoms with E-state index in [4.69, 9.17) is 0 Å². The number of amides is 6. The van der Waals surface area contributed by atoms with E-state index in [1.807, 2.05) is 0 Å². The third kappa shape index (κ3) is 5.76. The second-order valence-electron chi connectivity index (χ2n) is 12.2. The summed E-state index contributed by atoms with van der Waals surface area (Å²) in [6, 6.07) is 8.05. The SMILES string of the molecule is Cc1[nH]c(/C=C2\C(=O)Nc3ccc(F)cc32)c(C)c1C(=O)NCCCCCNc1cccc2c1C(=O)N(C1CCC(=O)N(C)C1=O)C2=O. The molecule has 2 aromatic carbocycles. The first-order valence-corrected chi connectivity index (χ1v) is 15.8. The van der Waals surface area contributed by atoms with Crippen molar-refractivity contribution in [3.8, 4) is 0 Å². The molecule has 3 aromatic rings. The van der Waals surface area contributed by atoms with E-state index in [1.165, 1.54) is 25.2 Å². The Morgan fingerprint density at radius 3 is 2.56 bits per heavy atom. The number of halogens is 1. The Hall–Kier alpha value is -5.59. The molecule has 4 N–H and O–H groups in total. The molecule has 1 unspecified atom stereocenters. The first kappa shape index (κ1) is 32.4. The number of carbonyl (C=O) groups is 6. The first-order valence-electron chi connectivity index (χ1n) is 15.8. The summed E-state index contributed by atoms with van der Waals surface area (Å²) >= 11 is 0. The van der Waals surface area contributed by atoms with Gasteiger partial charge in [0.05, 0.1) is 22.3 Å². The van der Waals surface area contributed by atoms with Crippen LogP contribution in [0.15, 0.2) is 36.4 Å². The highest BCUT2D eigenvalue weighted by atomic mass is 19.1. The number of likely N-dealkylation sites (tertiary alicyclic amines) is 1. The van der Waals surface area contributed by atoms with Crippen LogP contribution in [0, 0.1) is 19.7 Å². The fourth-order valence-electron chi connectivity index (χ4n) is 6.52. The number of nitrogens with zero attached hydrogens (tertiary/aromatic N) is 2. The third-order valence-corrected chi connectivity index (χ3v) is 9.09. The molecular weight excluding hydrogens is 619 g/mol. The van der Waals surface area contributed by atoms with Gasteiger partial charge in [-0.1, -0.05) is 6.07 Å². The number of hydrogen-bond donors (Lipinski definition) is 4. The molecule has 4 heterocycles. The van der Waals surface area contributed by atoms with Gasteiger partial charge in [-0.05, 0) is 81.5 Å². The molecule has 1 saturated heterocycles. The number of rotatable bonds is 10.